The fourth-order valence-corrected chi connectivity index (χ4v) is 8.79. The van der Waals surface area contributed by atoms with Crippen molar-refractivity contribution in [2.45, 2.75) is 93.2 Å². The number of sulfonamides is 1. The van der Waals surface area contributed by atoms with Crippen molar-refractivity contribution < 1.29 is 36.7 Å². The predicted octanol–water partition coefficient (Wildman–Crippen LogP) is 5.26. The number of pyridine rings is 1. The molecule has 3 N–H and O–H groups in total. The SMILES string of the molecule is COc1cnc(OC2CC3C(=O)NC4(C(=O)NS(=O)(=O)C5(C)CC5)CC4C=CCCCCCC(Nc4cccc(F)c4)C(=O)N3C2)c2cc(Cl)ccc12. The number of carbonyl (C=O) groups excluding carboxylic acids is 3. The zero-order valence-electron chi connectivity index (χ0n) is 29.6. The third-order valence-corrected chi connectivity index (χ3v) is 13.3. The molecule has 5 atom stereocenters. The number of aromatic nitrogens is 1. The number of hydrogen-bond acceptors (Lipinski definition) is 9. The number of anilines is 1. The van der Waals surface area contributed by atoms with Gasteiger partial charge >= 0.3 is 0 Å². The maximum absolute atomic E-state index is 14.6. The second-order valence-corrected chi connectivity index (χ2v) is 17.4. The van der Waals surface area contributed by atoms with E-state index in [9.17, 15) is 27.2 Å². The van der Waals surface area contributed by atoms with Gasteiger partial charge in [-0.15, -0.1) is 0 Å². The maximum Gasteiger partial charge on any atom is 0.259 e. The van der Waals surface area contributed by atoms with Crippen molar-refractivity contribution in [3.05, 3.63) is 71.7 Å². The highest BCUT2D eigenvalue weighted by molar-refractivity contribution is 7.91. The summed E-state index contributed by atoms with van der Waals surface area (Å²) in [6.07, 6.45) is 9.22. The number of fused-ring (bicyclic) bond motifs is 3. The second-order valence-electron chi connectivity index (χ2n) is 14.7. The minimum Gasteiger partial charge on any atom is -0.494 e. The van der Waals surface area contributed by atoms with Crippen molar-refractivity contribution >= 4 is 55.8 Å². The molecule has 0 radical (unpaired) electrons. The minimum atomic E-state index is -3.99. The van der Waals surface area contributed by atoms with Gasteiger partial charge in [0.2, 0.25) is 27.7 Å². The summed E-state index contributed by atoms with van der Waals surface area (Å²) in [5.74, 6) is -1.94. The molecule has 0 bridgehead atoms. The fourth-order valence-electron chi connectivity index (χ4n) is 7.30. The topological polar surface area (TPSA) is 156 Å². The Bertz CT molecular complexity index is 2080. The molecule has 282 valence electrons. The number of ether oxygens (including phenoxy) is 2. The van der Waals surface area contributed by atoms with E-state index < -0.39 is 62.0 Å². The van der Waals surface area contributed by atoms with E-state index in [0.717, 1.165) is 12.8 Å². The molecule has 3 amide bonds. The van der Waals surface area contributed by atoms with Crippen LogP contribution in [0.4, 0.5) is 10.1 Å². The number of benzene rings is 2. The normalized spacial score (nSPS) is 27.1. The number of methoxy groups -OCH3 is 1. The Labute approximate surface area is 312 Å². The van der Waals surface area contributed by atoms with Crippen LogP contribution in [0.25, 0.3) is 10.8 Å². The average Bonchev–Trinajstić information content (AvgIpc) is 4.00. The van der Waals surface area contributed by atoms with E-state index in [-0.39, 0.29) is 31.2 Å². The van der Waals surface area contributed by atoms with E-state index >= 15 is 0 Å². The van der Waals surface area contributed by atoms with Crippen LogP contribution in [-0.4, -0.2) is 78.2 Å². The maximum atomic E-state index is 14.6. The van der Waals surface area contributed by atoms with E-state index in [2.05, 4.69) is 20.3 Å². The number of halogens is 2. The molecular weight excluding hydrogens is 725 g/mol. The standard InChI is InChI=1S/C38H43ClFN5O7S/c1-37(15-16-37)53(49,50)44-36(48)38-20-23(38)9-6-4-3-5-7-12-30(42-26-11-8-10-25(40)18-26)35(47)45-22-27(19-31(45)33(46)43-38)52-34-29-17-24(39)13-14-28(29)32(51-2)21-41-34/h6,8-11,13-14,17-18,21,23,27,30-31,42H,3-5,7,12,15-16,19-20,22H2,1-2H3,(H,43,46)(H,44,48). The summed E-state index contributed by atoms with van der Waals surface area (Å²) < 4.78 is 53.6. The number of nitrogens with zero attached hydrogens (tertiary/aromatic N) is 2. The van der Waals surface area contributed by atoms with Gasteiger partial charge in [-0.2, -0.15) is 0 Å². The average molecular weight is 768 g/mol. The Morgan fingerprint density at radius 3 is 2.68 bits per heavy atom. The lowest BCUT2D eigenvalue weighted by Crippen LogP contribution is -2.58. The molecular formula is C38H43ClFN5O7S. The van der Waals surface area contributed by atoms with Crippen LogP contribution in [0.5, 0.6) is 11.6 Å². The monoisotopic (exact) mass is 767 g/mol. The molecule has 5 unspecified atom stereocenters. The zero-order chi connectivity index (χ0) is 37.5. The first-order chi connectivity index (χ1) is 25.3. The molecule has 1 aromatic heterocycles. The van der Waals surface area contributed by atoms with Gasteiger partial charge in [-0.05, 0) is 81.8 Å². The molecule has 2 aromatic carbocycles. The summed E-state index contributed by atoms with van der Waals surface area (Å²) in [5, 5.41) is 7.83. The van der Waals surface area contributed by atoms with Gasteiger partial charge in [-0.3, -0.25) is 19.1 Å². The molecule has 3 fully saturated rings. The van der Waals surface area contributed by atoms with Gasteiger partial charge in [-0.25, -0.2) is 17.8 Å². The van der Waals surface area contributed by atoms with Crippen LogP contribution in [0, 0.1) is 11.7 Å². The minimum absolute atomic E-state index is 0.00325. The summed E-state index contributed by atoms with van der Waals surface area (Å²) in [6, 6.07) is 9.17. The van der Waals surface area contributed by atoms with E-state index in [0.29, 0.717) is 59.3 Å². The highest BCUT2D eigenvalue weighted by Crippen LogP contribution is 2.47. The van der Waals surface area contributed by atoms with Crippen LogP contribution in [0.1, 0.15) is 64.7 Å². The lowest BCUT2D eigenvalue weighted by molar-refractivity contribution is -0.140. The molecule has 0 spiro atoms. The van der Waals surface area contributed by atoms with Gasteiger partial charge < -0.3 is 25.0 Å². The predicted molar refractivity (Wildman–Crippen MR) is 198 cm³/mol. The van der Waals surface area contributed by atoms with E-state index in [1.165, 1.54) is 30.3 Å². The number of carbonyl (C=O) groups is 3. The van der Waals surface area contributed by atoms with Crippen LogP contribution in [-0.2, 0) is 24.4 Å². The lowest BCUT2D eigenvalue weighted by atomic mass is 10.0. The van der Waals surface area contributed by atoms with Gasteiger partial charge in [0.15, 0.2) is 0 Å². The third kappa shape index (κ3) is 7.53. The van der Waals surface area contributed by atoms with Gasteiger partial charge in [0.25, 0.3) is 5.91 Å². The number of allylic oxidation sites excluding steroid dienone is 1. The molecule has 3 aromatic rings. The van der Waals surface area contributed by atoms with Crippen LogP contribution in [0.3, 0.4) is 0 Å². The molecule has 53 heavy (non-hydrogen) atoms. The third-order valence-electron chi connectivity index (χ3n) is 10.9. The number of amides is 3. The summed E-state index contributed by atoms with van der Waals surface area (Å²) in [5.41, 5.74) is -1.09. The number of rotatable bonds is 8. The van der Waals surface area contributed by atoms with E-state index in [4.69, 9.17) is 21.1 Å². The van der Waals surface area contributed by atoms with E-state index in [1.807, 2.05) is 12.2 Å². The van der Waals surface area contributed by atoms with Crippen molar-refractivity contribution in [2.24, 2.45) is 5.92 Å². The lowest BCUT2D eigenvalue weighted by Gasteiger charge is -2.30. The van der Waals surface area contributed by atoms with Gasteiger partial charge in [-0.1, -0.05) is 42.7 Å². The van der Waals surface area contributed by atoms with Gasteiger partial charge in [0.1, 0.15) is 35.3 Å². The van der Waals surface area contributed by atoms with Gasteiger partial charge in [0, 0.05) is 33.8 Å². The van der Waals surface area contributed by atoms with Crippen LogP contribution < -0.4 is 24.8 Å². The molecule has 2 aliphatic carbocycles. The van der Waals surface area contributed by atoms with Crippen molar-refractivity contribution in [3.63, 3.8) is 0 Å². The Morgan fingerprint density at radius 2 is 1.92 bits per heavy atom. The smallest absolute Gasteiger partial charge is 0.259 e. The van der Waals surface area contributed by atoms with Crippen molar-refractivity contribution in [1.29, 1.82) is 0 Å². The number of nitrogens with one attached hydrogen (secondary N) is 3. The highest BCUT2D eigenvalue weighted by atomic mass is 35.5. The first kappa shape index (κ1) is 36.9. The molecule has 2 saturated carbocycles. The second kappa shape index (κ2) is 14.4. The molecule has 3 heterocycles. The summed E-state index contributed by atoms with van der Waals surface area (Å²) >= 11 is 6.35. The Hall–Kier alpha value is -4.43. The molecule has 12 nitrogen and oxygen atoms in total. The zero-order valence-corrected chi connectivity index (χ0v) is 31.1. The van der Waals surface area contributed by atoms with Crippen molar-refractivity contribution in [2.75, 3.05) is 19.0 Å². The summed E-state index contributed by atoms with van der Waals surface area (Å²) in [7, 11) is -2.46. The van der Waals surface area contributed by atoms with Crippen molar-refractivity contribution in [1.82, 2.24) is 19.9 Å². The largest absolute Gasteiger partial charge is 0.494 e. The molecule has 7 rings (SSSR count). The Kier molecular flexibility index (Phi) is 10.0. The Morgan fingerprint density at radius 1 is 1.11 bits per heavy atom. The van der Waals surface area contributed by atoms with E-state index in [1.54, 1.807) is 37.3 Å². The Balaban J connectivity index is 1.22. The highest BCUT2D eigenvalue weighted by Gasteiger charge is 2.63. The number of hydrogen-bond donors (Lipinski definition) is 3. The molecule has 15 heteroatoms. The fraction of sp³-hybridized carbons (Fsp3) is 0.474. The first-order valence-electron chi connectivity index (χ1n) is 18.0. The molecule has 2 aliphatic heterocycles. The molecule has 4 aliphatic rings. The summed E-state index contributed by atoms with van der Waals surface area (Å²) in [6.45, 7) is 1.59. The summed E-state index contributed by atoms with van der Waals surface area (Å²) in [4.78, 5) is 48.7. The molecule has 1 saturated heterocycles. The van der Waals surface area contributed by atoms with Crippen LogP contribution in [0.15, 0.2) is 60.8 Å². The van der Waals surface area contributed by atoms with Crippen molar-refractivity contribution in [3.8, 4) is 11.6 Å². The first-order valence-corrected chi connectivity index (χ1v) is 19.9. The quantitative estimate of drug-likeness (QED) is 0.261. The van der Waals surface area contributed by atoms with Crippen LogP contribution >= 0.6 is 11.6 Å². The van der Waals surface area contributed by atoms with Gasteiger partial charge in [0.05, 0.1) is 24.6 Å². The van der Waals surface area contributed by atoms with Crippen LogP contribution in [0.2, 0.25) is 5.02 Å².